The Morgan fingerprint density at radius 3 is 2.94 bits per heavy atom. The Hall–Kier alpha value is -1.78. The smallest absolute Gasteiger partial charge is 0.143 e. The number of hydrogen-bond acceptors (Lipinski definition) is 4. The van der Waals surface area contributed by atoms with Crippen molar-refractivity contribution in [1.82, 2.24) is 4.98 Å². The molecule has 3 N–H and O–H groups in total. The molecule has 1 aromatic rings. The summed E-state index contributed by atoms with van der Waals surface area (Å²) in [5.41, 5.74) is 7.58. The molecular formula is C11H18N4O. The van der Waals surface area contributed by atoms with Crippen LogP contribution in [0.1, 0.15) is 12.6 Å². The van der Waals surface area contributed by atoms with Crippen LogP contribution in [0.3, 0.4) is 0 Å². The van der Waals surface area contributed by atoms with E-state index in [1.54, 1.807) is 6.20 Å². The summed E-state index contributed by atoms with van der Waals surface area (Å²) in [5.74, 6) is 0.251. The van der Waals surface area contributed by atoms with Crippen LogP contribution in [0.15, 0.2) is 23.5 Å². The number of rotatable bonds is 4. The van der Waals surface area contributed by atoms with E-state index in [0.717, 1.165) is 11.4 Å². The van der Waals surface area contributed by atoms with Gasteiger partial charge in [-0.2, -0.15) is 0 Å². The predicted molar refractivity (Wildman–Crippen MR) is 64.8 cm³/mol. The zero-order chi connectivity index (χ0) is 12.1. The van der Waals surface area contributed by atoms with E-state index in [1.807, 2.05) is 33.0 Å². The van der Waals surface area contributed by atoms with Crippen molar-refractivity contribution >= 4 is 11.5 Å². The standard InChI is InChI=1S/C11H18N4O/c1-8(11(12)14-16)7-15(3)10-4-5-13-9(2)6-10/h4-6,8,16H,7H2,1-3H3,(H2,12,14). The molecule has 0 spiro atoms. The molecule has 0 saturated carbocycles. The molecule has 1 atom stereocenters. The van der Waals surface area contributed by atoms with Gasteiger partial charge in [0.1, 0.15) is 5.84 Å². The van der Waals surface area contributed by atoms with E-state index < -0.39 is 0 Å². The van der Waals surface area contributed by atoms with Crippen LogP contribution >= 0.6 is 0 Å². The van der Waals surface area contributed by atoms with Gasteiger partial charge in [0.2, 0.25) is 0 Å². The highest BCUT2D eigenvalue weighted by atomic mass is 16.4. The fourth-order valence-electron chi connectivity index (χ4n) is 1.48. The average Bonchev–Trinajstić information content (AvgIpc) is 2.27. The minimum Gasteiger partial charge on any atom is -0.409 e. The van der Waals surface area contributed by atoms with Crippen LogP contribution in [0.4, 0.5) is 5.69 Å². The van der Waals surface area contributed by atoms with Gasteiger partial charge in [-0.3, -0.25) is 4.98 Å². The number of amidine groups is 1. The quantitative estimate of drug-likeness (QED) is 0.347. The fourth-order valence-corrected chi connectivity index (χ4v) is 1.48. The van der Waals surface area contributed by atoms with Crippen LogP contribution in [0.5, 0.6) is 0 Å². The maximum absolute atomic E-state index is 8.57. The normalized spacial score (nSPS) is 13.6. The van der Waals surface area contributed by atoms with Crippen molar-refractivity contribution in [3.63, 3.8) is 0 Å². The molecule has 16 heavy (non-hydrogen) atoms. The summed E-state index contributed by atoms with van der Waals surface area (Å²) >= 11 is 0. The molecule has 0 fully saturated rings. The molecule has 5 nitrogen and oxygen atoms in total. The highest BCUT2D eigenvalue weighted by molar-refractivity contribution is 5.82. The Bertz CT molecular complexity index is 378. The molecule has 1 heterocycles. The topological polar surface area (TPSA) is 74.7 Å². The van der Waals surface area contributed by atoms with Gasteiger partial charge in [0.15, 0.2) is 0 Å². The van der Waals surface area contributed by atoms with Crippen molar-refractivity contribution in [1.29, 1.82) is 0 Å². The minimum atomic E-state index is 0.00321. The van der Waals surface area contributed by atoms with Crippen LogP contribution in [0, 0.1) is 12.8 Å². The molecular weight excluding hydrogens is 204 g/mol. The molecule has 5 heteroatoms. The molecule has 1 unspecified atom stereocenters. The number of nitrogens with zero attached hydrogens (tertiary/aromatic N) is 3. The van der Waals surface area contributed by atoms with Crippen LogP contribution in [0.2, 0.25) is 0 Å². The van der Waals surface area contributed by atoms with Gasteiger partial charge in [0.05, 0.1) is 0 Å². The molecule has 0 bridgehead atoms. The van der Waals surface area contributed by atoms with Gasteiger partial charge in [-0.25, -0.2) is 0 Å². The summed E-state index contributed by atoms with van der Waals surface area (Å²) in [7, 11) is 1.97. The Balaban J connectivity index is 2.69. The number of anilines is 1. The highest BCUT2D eigenvalue weighted by Gasteiger charge is 2.11. The first-order valence-corrected chi connectivity index (χ1v) is 5.15. The zero-order valence-corrected chi connectivity index (χ0v) is 9.88. The summed E-state index contributed by atoms with van der Waals surface area (Å²) in [6.07, 6.45) is 1.77. The predicted octanol–water partition coefficient (Wildman–Crippen LogP) is 1.21. The Labute approximate surface area is 95.6 Å². The van der Waals surface area contributed by atoms with Crippen molar-refractivity contribution in [2.75, 3.05) is 18.5 Å². The SMILES string of the molecule is Cc1cc(N(C)CC(C)/C(N)=N/O)ccn1. The average molecular weight is 222 g/mol. The lowest BCUT2D eigenvalue weighted by Gasteiger charge is -2.22. The molecule has 0 amide bonds. The molecule has 88 valence electrons. The summed E-state index contributed by atoms with van der Waals surface area (Å²) in [4.78, 5) is 6.19. The van der Waals surface area contributed by atoms with Gasteiger partial charge < -0.3 is 15.8 Å². The van der Waals surface area contributed by atoms with E-state index >= 15 is 0 Å². The largest absolute Gasteiger partial charge is 0.409 e. The van der Waals surface area contributed by atoms with Crippen LogP contribution < -0.4 is 10.6 Å². The van der Waals surface area contributed by atoms with Crippen molar-refractivity contribution < 1.29 is 5.21 Å². The van der Waals surface area contributed by atoms with Gasteiger partial charge in [0.25, 0.3) is 0 Å². The van der Waals surface area contributed by atoms with Gasteiger partial charge in [-0.1, -0.05) is 12.1 Å². The Morgan fingerprint density at radius 2 is 2.38 bits per heavy atom. The first-order chi connectivity index (χ1) is 7.54. The van der Waals surface area contributed by atoms with E-state index in [9.17, 15) is 0 Å². The maximum Gasteiger partial charge on any atom is 0.143 e. The van der Waals surface area contributed by atoms with E-state index in [-0.39, 0.29) is 11.8 Å². The third-order valence-electron chi connectivity index (χ3n) is 2.49. The Morgan fingerprint density at radius 1 is 1.69 bits per heavy atom. The molecule has 1 rings (SSSR count). The van der Waals surface area contributed by atoms with E-state index in [1.165, 1.54) is 0 Å². The number of pyridine rings is 1. The number of aromatic nitrogens is 1. The second-order valence-electron chi connectivity index (χ2n) is 3.96. The van der Waals surface area contributed by atoms with Crippen molar-refractivity contribution in [3.05, 3.63) is 24.0 Å². The molecule has 0 aliphatic rings. The van der Waals surface area contributed by atoms with E-state index in [2.05, 4.69) is 15.0 Å². The Kier molecular flexibility index (Phi) is 4.10. The van der Waals surface area contributed by atoms with Crippen molar-refractivity contribution in [2.24, 2.45) is 16.8 Å². The molecule has 0 aromatic carbocycles. The van der Waals surface area contributed by atoms with Crippen LogP contribution in [-0.4, -0.2) is 29.6 Å². The molecule has 0 saturated heterocycles. The van der Waals surface area contributed by atoms with E-state index in [4.69, 9.17) is 10.9 Å². The van der Waals surface area contributed by atoms with E-state index in [0.29, 0.717) is 6.54 Å². The number of nitrogens with two attached hydrogens (primary N) is 1. The van der Waals surface area contributed by atoms with Crippen LogP contribution in [0.25, 0.3) is 0 Å². The number of oxime groups is 1. The third kappa shape index (κ3) is 3.12. The highest BCUT2D eigenvalue weighted by Crippen LogP contribution is 2.13. The van der Waals surface area contributed by atoms with Crippen molar-refractivity contribution in [3.8, 4) is 0 Å². The lowest BCUT2D eigenvalue weighted by Crippen LogP contribution is -2.32. The maximum atomic E-state index is 8.57. The summed E-state index contributed by atoms with van der Waals surface area (Å²) in [5, 5.41) is 11.6. The molecule has 0 aliphatic carbocycles. The minimum absolute atomic E-state index is 0.00321. The summed E-state index contributed by atoms with van der Waals surface area (Å²) in [6, 6.07) is 3.94. The monoisotopic (exact) mass is 222 g/mol. The lowest BCUT2D eigenvalue weighted by atomic mass is 10.1. The second kappa shape index (κ2) is 5.34. The molecule has 0 radical (unpaired) electrons. The molecule has 0 aliphatic heterocycles. The van der Waals surface area contributed by atoms with Gasteiger partial charge in [-0.05, 0) is 19.1 Å². The number of aryl methyl sites for hydroxylation is 1. The first-order valence-electron chi connectivity index (χ1n) is 5.15. The number of hydrogen-bond donors (Lipinski definition) is 2. The lowest BCUT2D eigenvalue weighted by molar-refractivity contribution is 0.314. The van der Waals surface area contributed by atoms with Crippen LogP contribution in [-0.2, 0) is 0 Å². The third-order valence-corrected chi connectivity index (χ3v) is 2.49. The zero-order valence-electron chi connectivity index (χ0n) is 9.88. The van der Waals surface area contributed by atoms with Gasteiger partial charge in [-0.15, -0.1) is 0 Å². The summed E-state index contributed by atoms with van der Waals surface area (Å²) < 4.78 is 0. The summed E-state index contributed by atoms with van der Waals surface area (Å²) in [6.45, 7) is 4.56. The molecule has 1 aromatic heterocycles. The van der Waals surface area contributed by atoms with Crippen molar-refractivity contribution in [2.45, 2.75) is 13.8 Å². The van der Waals surface area contributed by atoms with Gasteiger partial charge in [0, 0.05) is 37.1 Å². The first kappa shape index (κ1) is 12.3. The van der Waals surface area contributed by atoms with Gasteiger partial charge >= 0.3 is 0 Å². The fraction of sp³-hybridized carbons (Fsp3) is 0.455. The second-order valence-corrected chi connectivity index (χ2v) is 3.96.